The summed E-state index contributed by atoms with van der Waals surface area (Å²) in [5.41, 5.74) is 0.230. The largest absolute Gasteiger partial charge is 0.504 e. The van der Waals surface area contributed by atoms with E-state index in [-0.39, 0.29) is 45.5 Å². The highest BCUT2D eigenvalue weighted by atomic mass is 35.5. The van der Waals surface area contributed by atoms with Crippen LogP contribution in [0.3, 0.4) is 0 Å². The van der Waals surface area contributed by atoms with Gasteiger partial charge >= 0.3 is 0 Å². The van der Waals surface area contributed by atoms with E-state index in [0.29, 0.717) is 6.54 Å². The van der Waals surface area contributed by atoms with Crippen molar-refractivity contribution < 1.29 is 13.5 Å². The van der Waals surface area contributed by atoms with Crippen LogP contribution in [0.2, 0.25) is 15.1 Å². The first-order chi connectivity index (χ1) is 16.7. The van der Waals surface area contributed by atoms with Crippen LogP contribution in [-0.2, 0) is 10.0 Å². The molecule has 0 aliphatic carbocycles. The fourth-order valence-corrected chi connectivity index (χ4v) is 6.07. The Morgan fingerprint density at radius 2 is 1.91 bits per heavy atom. The normalized spacial score (nSPS) is 14.8. The molecule has 2 aromatic rings. The first-order valence-corrected chi connectivity index (χ1v) is 13.4. The Hall–Kier alpha value is -2.26. The van der Waals surface area contributed by atoms with Gasteiger partial charge < -0.3 is 15.3 Å². The van der Waals surface area contributed by atoms with Crippen LogP contribution < -0.4 is 10.6 Å². The van der Waals surface area contributed by atoms with Gasteiger partial charge in [0.2, 0.25) is 16.0 Å². The molecule has 1 aliphatic heterocycles. The maximum Gasteiger partial charge on any atom is 0.248 e. The van der Waals surface area contributed by atoms with Crippen LogP contribution in [0.5, 0.6) is 5.75 Å². The molecule has 0 radical (unpaired) electrons. The Kier molecular flexibility index (Phi) is 9.47. The van der Waals surface area contributed by atoms with Crippen molar-refractivity contribution >= 4 is 62.2 Å². The lowest BCUT2D eigenvalue weighted by molar-refractivity contribution is 0.298. The summed E-state index contributed by atoms with van der Waals surface area (Å²) in [6.07, 6.45) is 3.93. The summed E-state index contributed by atoms with van der Waals surface area (Å²) in [6.45, 7) is 4.67. The van der Waals surface area contributed by atoms with Crippen molar-refractivity contribution in [2.75, 3.05) is 38.0 Å². The number of hydrogen-bond donors (Lipinski definition) is 3. The molecule has 0 amide bonds. The van der Waals surface area contributed by atoms with E-state index in [1.165, 1.54) is 16.4 Å². The summed E-state index contributed by atoms with van der Waals surface area (Å²) in [6, 6.07) is 7.51. The Morgan fingerprint density at radius 3 is 2.57 bits per heavy atom. The number of hydrogen-bond acceptors (Lipinski definition) is 6. The van der Waals surface area contributed by atoms with Gasteiger partial charge in [-0.1, -0.05) is 47.8 Å². The molecule has 13 heteroatoms. The first-order valence-electron chi connectivity index (χ1n) is 10.9. The Morgan fingerprint density at radius 1 is 1.20 bits per heavy atom. The standard InChI is InChI=1S/C22H25Cl3N6O3S/c1-2-31(13-12-30-10-3-4-11-30)35(33,34)21-16(24)8-9-18(20(21)32)29-22(27-14-26)28-17-7-5-6-15(23)19(17)25/h5-9,32H,2-4,10-13H2,1H3,(H2,27,28,29). The fourth-order valence-electron chi connectivity index (χ4n) is 3.70. The zero-order valence-corrected chi connectivity index (χ0v) is 22.0. The smallest absolute Gasteiger partial charge is 0.248 e. The van der Waals surface area contributed by atoms with E-state index >= 15 is 0 Å². The third kappa shape index (κ3) is 6.50. The molecule has 188 valence electrons. The fraction of sp³-hybridized carbons (Fsp3) is 0.364. The number of likely N-dealkylation sites (N-methyl/N-ethyl adjacent to an activating group) is 1. The second kappa shape index (κ2) is 12.1. The van der Waals surface area contributed by atoms with Gasteiger partial charge in [-0.2, -0.15) is 9.57 Å². The zero-order chi connectivity index (χ0) is 25.6. The van der Waals surface area contributed by atoms with E-state index in [0.717, 1.165) is 25.9 Å². The lowest BCUT2D eigenvalue weighted by Gasteiger charge is -2.25. The lowest BCUT2D eigenvalue weighted by Crippen LogP contribution is -2.38. The number of sulfonamides is 1. The van der Waals surface area contributed by atoms with Crippen LogP contribution in [0.25, 0.3) is 0 Å². The van der Waals surface area contributed by atoms with E-state index in [2.05, 4.69) is 20.5 Å². The lowest BCUT2D eigenvalue weighted by atomic mass is 10.3. The molecule has 1 heterocycles. The topological polar surface area (TPSA) is 121 Å². The number of nitrogens with one attached hydrogen (secondary N) is 2. The molecule has 3 N–H and O–H groups in total. The highest BCUT2D eigenvalue weighted by molar-refractivity contribution is 7.89. The minimum atomic E-state index is -4.13. The number of phenolic OH excluding ortho intramolecular Hbond substituents is 1. The monoisotopic (exact) mass is 558 g/mol. The average Bonchev–Trinajstić information content (AvgIpc) is 3.33. The number of phenols is 1. The molecule has 0 bridgehead atoms. The predicted molar refractivity (Wildman–Crippen MR) is 139 cm³/mol. The Balaban J connectivity index is 1.93. The van der Waals surface area contributed by atoms with E-state index in [4.69, 9.17) is 40.1 Å². The molecule has 0 atom stereocenters. The molecule has 1 saturated heterocycles. The van der Waals surface area contributed by atoms with E-state index in [1.807, 2.05) is 0 Å². The van der Waals surface area contributed by atoms with Crippen LogP contribution in [0.4, 0.5) is 11.4 Å². The second-order valence-corrected chi connectivity index (χ2v) is 10.8. The SMILES string of the molecule is CCN(CCN1CCCC1)S(=O)(=O)c1c(Cl)ccc(NC(=Nc2cccc(Cl)c2Cl)NC#N)c1O. The van der Waals surface area contributed by atoms with E-state index in [1.54, 1.807) is 31.3 Å². The van der Waals surface area contributed by atoms with Gasteiger partial charge in [-0.05, 0) is 50.2 Å². The summed E-state index contributed by atoms with van der Waals surface area (Å²) in [7, 11) is -4.13. The molecule has 35 heavy (non-hydrogen) atoms. The average molecular weight is 560 g/mol. The van der Waals surface area contributed by atoms with Gasteiger partial charge in [0.25, 0.3) is 0 Å². The van der Waals surface area contributed by atoms with E-state index in [9.17, 15) is 13.5 Å². The Bertz CT molecular complexity index is 1240. The van der Waals surface area contributed by atoms with Crippen LogP contribution in [-0.4, -0.2) is 61.4 Å². The second-order valence-electron chi connectivity index (χ2n) is 7.71. The quantitative estimate of drug-likeness (QED) is 0.142. The number of nitriles is 1. The summed E-state index contributed by atoms with van der Waals surface area (Å²) in [5, 5.41) is 25.4. The van der Waals surface area contributed by atoms with Gasteiger partial charge in [0.05, 0.1) is 26.4 Å². The third-order valence-electron chi connectivity index (χ3n) is 5.49. The summed E-state index contributed by atoms with van der Waals surface area (Å²) < 4.78 is 28.2. The molecule has 1 fully saturated rings. The summed E-state index contributed by atoms with van der Waals surface area (Å²) in [5.74, 6) is -0.708. The van der Waals surface area contributed by atoms with Gasteiger partial charge in [-0.3, -0.25) is 5.32 Å². The van der Waals surface area contributed by atoms with Gasteiger partial charge in [-0.15, -0.1) is 0 Å². The molecule has 9 nitrogen and oxygen atoms in total. The zero-order valence-electron chi connectivity index (χ0n) is 18.9. The van der Waals surface area contributed by atoms with Crippen LogP contribution in [0.1, 0.15) is 19.8 Å². The molecule has 2 aromatic carbocycles. The highest BCUT2D eigenvalue weighted by Crippen LogP contribution is 2.39. The maximum atomic E-state index is 13.5. The van der Waals surface area contributed by atoms with Crippen molar-refractivity contribution in [3.8, 4) is 11.9 Å². The summed E-state index contributed by atoms with van der Waals surface area (Å²) in [4.78, 5) is 6.01. The number of rotatable bonds is 8. The van der Waals surface area contributed by atoms with Gasteiger partial charge in [0.15, 0.2) is 11.9 Å². The predicted octanol–water partition coefficient (Wildman–Crippen LogP) is 4.63. The number of nitrogens with zero attached hydrogens (tertiary/aromatic N) is 4. The van der Waals surface area contributed by atoms with Crippen molar-refractivity contribution in [1.82, 2.24) is 14.5 Å². The molecular weight excluding hydrogens is 535 g/mol. The number of guanidine groups is 1. The minimum absolute atomic E-state index is 0.0248. The summed E-state index contributed by atoms with van der Waals surface area (Å²) >= 11 is 18.4. The number of benzene rings is 2. The number of halogens is 3. The van der Waals surface area contributed by atoms with Crippen LogP contribution in [0, 0.1) is 11.5 Å². The number of aliphatic imine (C=N–C) groups is 1. The maximum absolute atomic E-state index is 13.5. The van der Waals surface area contributed by atoms with Crippen molar-refractivity contribution in [3.05, 3.63) is 45.4 Å². The first kappa shape index (κ1) is 27.3. The van der Waals surface area contributed by atoms with Crippen LogP contribution in [0.15, 0.2) is 40.2 Å². The molecular formula is C22H25Cl3N6O3S. The molecule has 1 aliphatic rings. The third-order valence-corrected chi connectivity index (χ3v) is 8.77. The molecule has 3 rings (SSSR count). The van der Waals surface area contributed by atoms with Gasteiger partial charge in [0, 0.05) is 19.6 Å². The van der Waals surface area contributed by atoms with Crippen molar-refractivity contribution in [2.45, 2.75) is 24.7 Å². The number of aromatic hydroxyl groups is 1. The minimum Gasteiger partial charge on any atom is -0.504 e. The number of anilines is 1. The van der Waals surface area contributed by atoms with E-state index < -0.39 is 20.7 Å². The molecule has 0 unspecified atom stereocenters. The van der Waals surface area contributed by atoms with Crippen molar-refractivity contribution in [2.24, 2.45) is 4.99 Å². The molecule has 0 spiro atoms. The van der Waals surface area contributed by atoms with Gasteiger partial charge in [-0.25, -0.2) is 13.4 Å². The van der Waals surface area contributed by atoms with Gasteiger partial charge in [0.1, 0.15) is 4.90 Å². The molecule has 0 aromatic heterocycles. The number of likely N-dealkylation sites (tertiary alicyclic amines) is 1. The van der Waals surface area contributed by atoms with Crippen molar-refractivity contribution in [3.63, 3.8) is 0 Å². The van der Waals surface area contributed by atoms with Crippen LogP contribution >= 0.6 is 34.8 Å². The highest BCUT2D eigenvalue weighted by Gasteiger charge is 2.31. The van der Waals surface area contributed by atoms with Crippen molar-refractivity contribution in [1.29, 1.82) is 5.26 Å². The Labute approximate surface area is 220 Å². The molecule has 0 saturated carbocycles.